The second-order valence-electron chi connectivity index (χ2n) is 5.85. The Morgan fingerprint density at radius 2 is 1.77 bits per heavy atom. The largest absolute Gasteiger partial charge is 0.452 e. The van der Waals surface area contributed by atoms with Crippen molar-refractivity contribution in [3.8, 4) is 0 Å². The van der Waals surface area contributed by atoms with Gasteiger partial charge in [-0.2, -0.15) is 0 Å². The fourth-order valence-corrected chi connectivity index (χ4v) is 2.73. The summed E-state index contributed by atoms with van der Waals surface area (Å²) < 4.78 is 5.02. The minimum atomic E-state index is -0.536. The van der Waals surface area contributed by atoms with E-state index in [1.165, 1.54) is 0 Å². The van der Waals surface area contributed by atoms with Crippen LogP contribution in [0.1, 0.15) is 15.9 Å². The first-order chi connectivity index (χ1) is 12.4. The van der Waals surface area contributed by atoms with Crippen molar-refractivity contribution < 1.29 is 14.3 Å². The Kier molecular flexibility index (Phi) is 7.30. The number of esters is 1. The zero-order valence-electron chi connectivity index (χ0n) is 14.6. The summed E-state index contributed by atoms with van der Waals surface area (Å²) >= 11 is 11.9. The third kappa shape index (κ3) is 5.93. The molecular weight excluding hydrogens is 375 g/mol. The Labute approximate surface area is 162 Å². The zero-order chi connectivity index (χ0) is 19.1. The Morgan fingerprint density at radius 1 is 1.08 bits per heavy atom. The normalized spacial score (nSPS) is 10.3. The molecule has 0 bridgehead atoms. The number of halogens is 2. The van der Waals surface area contributed by atoms with Crippen molar-refractivity contribution in [3.63, 3.8) is 0 Å². The molecular formula is C19H20Cl2N2O3. The van der Waals surface area contributed by atoms with Gasteiger partial charge in [0.15, 0.2) is 6.61 Å². The van der Waals surface area contributed by atoms with Crippen LogP contribution in [0.4, 0.5) is 5.69 Å². The van der Waals surface area contributed by atoms with E-state index in [4.69, 9.17) is 27.9 Å². The van der Waals surface area contributed by atoms with Crippen LogP contribution in [0.2, 0.25) is 10.0 Å². The second-order valence-corrected chi connectivity index (χ2v) is 6.70. The fraction of sp³-hybridized carbons (Fsp3) is 0.263. The van der Waals surface area contributed by atoms with Crippen molar-refractivity contribution in [1.29, 1.82) is 0 Å². The third-order valence-corrected chi connectivity index (χ3v) is 4.27. The minimum absolute atomic E-state index is 0.331. The average molecular weight is 395 g/mol. The van der Waals surface area contributed by atoms with E-state index in [2.05, 4.69) is 5.32 Å². The van der Waals surface area contributed by atoms with Gasteiger partial charge in [0.2, 0.25) is 0 Å². The molecule has 0 unspecified atom stereocenters. The van der Waals surface area contributed by atoms with Gasteiger partial charge in [-0.15, -0.1) is 0 Å². The Hall–Kier alpha value is -2.24. The van der Waals surface area contributed by atoms with E-state index < -0.39 is 5.97 Å². The molecule has 0 saturated heterocycles. The molecule has 1 N–H and O–H groups in total. The Balaban J connectivity index is 1.75. The van der Waals surface area contributed by atoms with E-state index >= 15 is 0 Å². The lowest BCUT2D eigenvalue weighted by Gasteiger charge is -2.12. The molecule has 5 nitrogen and oxygen atoms in total. The van der Waals surface area contributed by atoms with Gasteiger partial charge in [0, 0.05) is 36.4 Å². The standard InChI is InChI=1S/C19H20Cl2N2O3/c1-23(2)16-7-4-14(5-8-16)19(25)26-12-18(24)22-10-9-13-3-6-15(20)11-17(13)21/h3-8,11H,9-10,12H2,1-2H3,(H,22,24). The third-order valence-electron chi connectivity index (χ3n) is 3.69. The van der Waals surface area contributed by atoms with E-state index in [1.807, 2.05) is 37.2 Å². The molecule has 0 aliphatic rings. The topological polar surface area (TPSA) is 58.6 Å². The Morgan fingerprint density at radius 3 is 2.38 bits per heavy atom. The first-order valence-corrected chi connectivity index (χ1v) is 8.77. The predicted molar refractivity (Wildman–Crippen MR) is 104 cm³/mol. The van der Waals surface area contributed by atoms with Crippen molar-refractivity contribution in [3.05, 3.63) is 63.6 Å². The average Bonchev–Trinajstić information content (AvgIpc) is 2.61. The predicted octanol–water partition coefficient (Wildman–Crippen LogP) is 3.58. The van der Waals surface area contributed by atoms with Gasteiger partial charge >= 0.3 is 5.97 Å². The molecule has 2 aromatic carbocycles. The van der Waals surface area contributed by atoms with E-state index in [1.54, 1.807) is 24.3 Å². The summed E-state index contributed by atoms with van der Waals surface area (Å²) in [7, 11) is 3.82. The quantitative estimate of drug-likeness (QED) is 0.729. The molecule has 0 aliphatic carbocycles. The van der Waals surface area contributed by atoms with Crippen molar-refractivity contribution in [2.24, 2.45) is 0 Å². The van der Waals surface area contributed by atoms with Crippen molar-refractivity contribution in [2.45, 2.75) is 6.42 Å². The maximum atomic E-state index is 12.0. The number of amides is 1. The number of benzene rings is 2. The molecule has 2 rings (SSSR count). The molecule has 0 heterocycles. The summed E-state index contributed by atoms with van der Waals surface area (Å²) in [5.41, 5.74) is 2.26. The lowest BCUT2D eigenvalue weighted by atomic mass is 10.1. The molecule has 0 fully saturated rings. The van der Waals surface area contributed by atoms with Crippen LogP contribution in [0, 0.1) is 0 Å². The van der Waals surface area contributed by atoms with Crippen molar-refractivity contribution in [2.75, 3.05) is 32.1 Å². The second kappa shape index (κ2) is 9.46. The fourth-order valence-electron chi connectivity index (χ4n) is 2.22. The van der Waals surface area contributed by atoms with Crippen LogP contribution < -0.4 is 10.2 Å². The van der Waals surface area contributed by atoms with Crippen LogP contribution in [0.15, 0.2) is 42.5 Å². The highest BCUT2D eigenvalue weighted by molar-refractivity contribution is 6.35. The van der Waals surface area contributed by atoms with Crippen LogP contribution in [0.3, 0.4) is 0 Å². The summed E-state index contributed by atoms with van der Waals surface area (Å²) in [6, 6.07) is 12.2. The van der Waals surface area contributed by atoms with Crippen LogP contribution in [-0.2, 0) is 16.0 Å². The molecule has 0 aliphatic heterocycles. The van der Waals surface area contributed by atoms with Gasteiger partial charge in [-0.05, 0) is 48.4 Å². The van der Waals surface area contributed by atoms with Gasteiger partial charge < -0.3 is 15.0 Å². The molecule has 0 radical (unpaired) electrons. The van der Waals surface area contributed by atoms with Crippen LogP contribution in [0.5, 0.6) is 0 Å². The molecule has 26 heavy (non-hydrogen) atoms. The number of carbonyl (C=O) groups excluding carboxylic acids is 2. The number of hydrogen-bond acceptors (Lipinski definition) is 4. The first kappa shape index (κ1) is 20.1. The molecule has 1 amide bonds. The van der Waals surface area contributed by atoms with E-state index in [0.29, 0.717) is 28.6 Å². The van der Waals surface area contributed by atoms with E-state index in [0.717, 1.165) is 11.3 Å². The lowest BCUT2D eigenvalue weighted by Crippen LogP contribution is -2.30. The van der Waals surface area contributed by atoms with Crippen molar-refractivity contribution >= 4 is 40.8 Å². The summed E-state index contributed by atoms with van der Waals surface area (Å²) in [4.78, 5) is 25.7. The molecule has 2 aromatic rings. The first-order valence-electron chi connectivity index (χ1n) is 8.02. The zero-order valence-corrected chi connectivity index (χ0v) is 16.1. The van der Waals surface area contributed by atoms with Gasteiger partial charge in [0.1, 0.15) is 0 Å². The van der Waals surface area contributed by atoms with Gasteiger partial charge in [-0.1, -0.05) is 29.3 Å². The minimum Gasteiger partial charge on any atom is -0.452 e. The maximum absolute atomic E-state index is 12.0. The molecule has 0 atom stereocenters. The van der Waals surface area contributed by atoms with E-state index in [9.17, 15) is 9.59 Å². The molecule has 0 saturated carbocycles. The summed E-state index contributed by atoms with van der Waals surface area (Å²) in [6.07, 6.45) is 0.557. The number of carbonyl (C=O) groups is 2. The monoisotopic (exact) mass is 394 g/mol. The SMILES string of the molecule is CN(C)c1ccc(C(=O)OCC(=O)NCCc2ccc(Cl)cc2Cl)cc1. The van der Waals surface area contributed by atoms with Crippen LogP contribution in [-0.4, -0.2) is 39.1 Å². The highest BCUT2D eigenvalue weighted by atomic mass is 35.5. The molecule has 0 spiro atoms. The number of hydrogen-bond donors (Lipinski definition) is 1. The van der Waals surface area contributed by atoms with E-state index in [-0.39, 0.29) is 12.5 Å². The number of ether oxygens (including phenoxy) is 1. The van der Waals surface area contributed by atoms with Crippen LogP contribution in [0.25, 0.3) is 0 Å². The highest BCUT2D eigenvalue weighted by Gasteiger charge is 2.10. The number of anilines is 1. The number of nitrogens with zero attached hydrogens (tertiary/aromatic N) is 1. The number of rotatable bonds is 7. The Bertz CT molecular complexity index is 777. The lowest BCUT2D eigenvalue weighted by molar-refractivity contribution is -0.124. The van der Waals surface area contributed by atoms with Gasteiger partial charge in [-0.3, -0.25) is 4.79 Å². The van der Waals surface area contributed by atoms with Gasteiger partial charge in [0.25, 0.3) is 5.91 Å². The smallest absolute Gasteiger partial charge is 0.338 e. The summed E-state index contributed by atoms with van der Waals surface area (Å²) in [6.45, 7) is 0.0535. The summed E-state index contributed by atoms with van der Waals surface area (Å²) in [5, 5.41) is 3.81. The summed E-state index contributed by atoms with van der Waals surface area (Å²) in [5.74, 6) is -0.903. The maximum Gasteiger partial charge on any atom is 0.338 e. The van der Waals surface area contributed by atoms with Crippen molar-refractivity contribution in [1.82, 2.24) is 5.32 Å². The van der Waals surface area contributed by atoms with Gasteiger partial charge in [-0.25, -0.2) is 4.79 Å². The highest BCUT2D eigenvalue weighted by Crippen LogP contribution is 2.21. The molecule has 138 valence electrons. The van der Waals surface area contributed by atoms with Crippen LogP contribution >= 0.6 is 23.2 Å². The van der Waals surface area contributed by atoms with Gasteiger partial charge in [0.05, 0.1) is 5.56 Å². The number of nitrogens with one attached hydrogen (secondary N) is 1. The molecule has 0 aromatic heterocycles. The molecule has 7 heteroatoms.